The van der Waals surface area contributed by atoms with E-state index >= 15 is 0 Å². The lowest BCUT2D eigenvalue weighted by molar-refractivity contribution is -0.157. The second-order valence-electron chi connectivity index (χ2n) is 4.87. The lowest BCUT2D eigenvalue weighted by atomic mass is 10.3. The third-order valence-corrected chi connectivity index (χ3v) is 3.31. The fourth-order valence-electron chi connectivity index (χ4n) is 2.23. The van der Waals surface area contributed by atoms with Gasteiger partial charge in [0.2, 0.25) is 5.91 Å². The number of carbonyl (C=O) groups is 3. The average molecular weight is 305 g/mol. The number of hydrazine groups is 1. The van der Waals surface area contributed by atoms with E-state index in [0.717, 1.165) is 6.42 Å². The van der Waals surface area contributed by atoms with Gasteiger partial charge in [-0.1, -0.05) is 6.08 Å². The van der Waals surface area contributed by atoms with Crippen LogP contribution in [-0.2, 0) is 9.59 Å². The summed E-state index contributed by atoms with van der Waals surface area (Å²) in [6, 6.07) is 3.11. The second kappa shape index (κ2) is 7.44. The van der Waals surface area contributed by atoms with Crippen LogP contribution in [0.15, 0.2) is 35.5 Å². The summed E-state index contributed by atoms with van der Waals surface area (Å²) in [4.78, 5) is 35.9. The normalized spacial score (nSPS) is 14.0. The minimum Gasteiger partial charge on any atom is -0.459 e. The molecule has 7 heteroatoms. The number of carbonyl (C=O) groups excluding carboxylic acids is 3. The molecule has 1 fully saturated rings. The van der Waals surface area contributed by atoms with Gasteiger partial charge in [0.1, 0.15) is 0 Å². The summed E-state index contributed by atoms with van der Waals surface area (Å²) >= 11 is 0. The molecule has 0 saturated carbocycles. The van der Waals surface area contributed by atoms with Gasteiger partial charge in [0.05, 0.1) is 12.8 Å². The molecule has 2 heterocycles. The Morgan fingerprint density at radius 2 is 2.00 bits per heavy atom. The first kappa shape index (κ1) is 15.8. The summed E-state index contributed by atoms with van der Waals surface area (Å²) in [7, 11) is 0. The first-order valence-corrected chi connectivity index (χ1v) is 7.16. The van der Waals surface area contributed by atoms with Gasteiger partial charge in [-0.15, -0.1) is 6.58 Å². The van der Waals surface area contributed by atoms with Crippen LogP contribution in [0.25, 0.3) is 0 Å². The highest BCUT2D eigenvalue weighted by atomic mass is 16.3. The molecule has 1 aliphatic heterocycles. The van der Waals surface area contributed by atoms with Crippen molar-refractivity contribution in [2.75, 3.05) is 19.6 Å². The smallest absolute Gasteiger partial charge is 0.287 e. The number of allylic oxidation sites excluding steroid dienone is 1. The van der Waals surface area contributed by atoms with E-state index in [9.17, 15) is 14.4 Å². The van der Waals surface area contributed by atoms with Crippen molar-refractivity contribution < 1.29 is 18.8 Å². The number of rotatable bonds is 6. The summed E-state index contributed by atoms with van der Waals surface area (Å²) in [5.41, 5.74) is 0. The van der Waals surface area contributed by atoms with Crippen molar-refractivity contribution in [2.45, 2.75) is 19.3 Å². The molecule has 7 nitrogen and oxygen atoms in total. The first-order valence-electron chi connectivity index (χ1n) is 7.16. The van der Waals surface area contributed by atoms with Gasteiger partial charge in [0.15, 0.2) is 5.76 Å². The third-order valence-electron chi connectivity index (χ3n) is 3.31. The van der Waals surface area contributed by atoms with Crippen LogP contribution in [0.2, 0.25) is 0 Å². The van der Waals surface area contributed by atoms with Crippen LogP contribution in [0.5, 0.6) is 0 Å². The van der Waals surface area contributed by atoms with Crippen molar-refractivity contribution in [3.63, 3.8) is 0 Å². The Morgan fingerprint density at radius 3 is 2.64 bits per heavy atom. The van der Waals surface area contributed by atoms with E-state index in [1.807, 2.05) is 0 Å². The number of hydrogen-bond acceptors (Lipinski definition) is 4. The van der Waals surface area contributed by atoms with E-state index in [1.54, 1.807) is 12.1 Å². The monoisotopic (exact) mass is 305 g/mol. The molecular formula is C15H19N3O4. The number of nitrogens with one attached hydrogen (secondary N) is 1. The standard InChI is InChI=1S/C15H19N3O4/c1-2-3-7-13(19)17-8-5-9-18(17)14(20)11-16-15(21)12-6-4-10-22-12/h2,4,6,10H,1,3,5,7-9,11H2,(H,16,21). The lowest BCUT2D eigenvalue weighted by Crippen LogP contribution is -2.48. The Morgan fingerprint density at radius 1 is 1.27 bits per heavy atom. The minimum atomic E-state index is -0.456. The van der Waals surface area contributed by atoms with Crippen LogP contribution in [0.3, 0.4) is 0 Å². The zero-order chi connectivity index (χ0) is 15.9. The van der Waals surface area contributed by atoms with Crippen LogP contribution in [0, 0.1) is 0 Å². The topological polar surface area (TPSA) is 82.9 Å². The van der Waals surface area contributed by atoms with E-state index in [0.29, 0.717) is 25.9 Å². The number of amides is 3. The molecule has 1 aromatic heterocycles. The fraction of sp³-hybridized carbons (Fsp3) is 0.400. The molecule has 0 aromatic carbocycles. The van der Waals surface area contributed by atoms with Gasteiger partial charge >= 0.3 is 0 Å². The number of nitrogens with zero attached hydrogens (tertiary/aromatic N) is 2. The largest absolute Gasteiger partial charge is 0.459 e. The molecule has 1 N–H and O–H groups in total. The summed E-state index contributed by atoms with van der Waals surface area (Å²) in [5.74, 6) is -0.734. The molecule has 118 valence electrons. The SMILES string of the molecule is C=CCCC(=O)N1CCCN1C(=O)CNC(=O)c1ccco1. The predicted octanol–water partition coefficient (Wildman–Crippen LogP) is 0.951. The van der Waals surface area contributed by atoms with Gasteiger partial charge in [0, 0.05) is 19.5 Å². The van der Waals surface area contributed by atoms with Crippen molar-refractivity contribution >= 4 is 17.7 Å². The van der Waals surface area contributed by atoms with Gasteiger partial charge < -0.3 is 9.73 Å². The lowest BCUT2D eigenvalue weighted by Gasteiger charge is -2.27. The van der Waals surface area contributed by atoms with Crippen molar-refractivity contribution in [3.8, 4) is 0 Å². The summed E-state index contributed by atoms with van der Waals surface area (Å²) < 4.78 is 4.95. The molecule has 0 atom stereocenters. The van der Waals surface area contributed by atoms with E-state index in [2.05, 4.69) is 11.9 Å². The summed E-state index contributed by atoms with van der Waals surface area (Å²) in [5, 5.41) is 5.33. The van der Waals surface area contributed by atoms with Crippen LogP contribution in [-0.4, -0.2) is 47.4 Å². The first-order chi connectivity index (χ1) is 10.6. The molecule has 0 aliphatic carbocycles. The average Bonchev–Trinajstić information content (AvgIpc) is 3.20. The Bertz CT molecular complexity index is 553. The fourth-order valence-corrected chi connectivity index (χ4v) is 2.23. The van der Waals surface area contributed by atoms with Crippen molar-refractivity contribution in [3.05, 3.63) is 36.8 Å². The Balaban J connectivity index is 1.86. The van der Waals surface area contributed by atoms with Gasteiger partial charge in [0.25, 0.3) is 11.8 Å². The van der Waals surface area contributed by atoms with E-state index in [4.69, 9.17) is 4.42 Å². The molecule has 3 amide bonds. The maximum Gasteiger partial charge on any atom is 0.287 e. The number of furan rings is 1. The van der Waals surface area contributed by atoms with Crippen LogP contribution >= 0.6 is 0 Å². The third kappa shape index (κ3) is 3.75. The van der Waals surface area contributed by atoms with Gasteiger partial charge in [-0.05, 0) is 25.0 Å². The zero-order valence-corrected chi connectivity index (χ0v) is 12.3. The maximum atomic E-state index is 12.2. The molecule has 0 bridgehead atoms. The summed E-state index contributed by atoms with van der Waals surface area (Å²) in [6.45, 7) is 4.41. The molecule has 1 aromatic rings. The van der Waals surface area contributed by atoms with Crippen LogP contribution < -0.4 is 5.32 Å². The van der Waals surface area contributed by atoms with Crippen molar-refractivity contribution in [1.82, 2.24) is 15.3 Å². The maximum absolute atomic E-state index is 12.2. The van der Waals surface area contributed by atoms with E-state index in [-0.39, 0.29) is 24.1 Å². The molecule has 0 radical (unpaired) electrons. The molecule has 22 heavy (non-hydrogen) atoms. The number of hydrogen-bond donors (Lipinski definition) is 1. The van der Waals surface area contributed by atoms with Gasteiger partial charge in [-0.3, -0.25) is 19.4 Å². The second-order valence-corrected chi connectivity index (χ2v) is 4.87. The predicted molar refractivity (Wildman–Crippen MR) is 78.5 cm³/mol. The Labute approximate surface area is 128 Å². The quantitative estimate of drug-likeness (QED) is 0.793. The van der Waals surface area contributed by atoms with Gasteiger partial charge in [-0.25, -0.2) is 5.01 Å². The van der Waals surface area contributed by atoms with Crippen LogP contribution in [0.4, 0.5) is 0 Å². The highest BCUT2D eigenvalue weighted by Crippen LogP contribution is 2.13. The van der Waals surface area contributed by atoms with Crippen LogP contribution in [0.1, 0.15) is 29.8 Å². The molecule has 1 aliphatic rings. The molecule has 0 unspecified atom stereocenters. The highest BCUT2D eigenvalue weighted by molar-refractivity contribution is 5.94. The van der Waals surface area contributed by atoms with Crippen molar-refractivity contribution in [1.29, 1.82) is 0 Å². The molecule has 0 spiro atoms. The Hall–Kier alpha value is -2.57. The van der Waals surface area contributed by atoms with E-state index in [1.165, 1.54) is 22.3 Å². The minimum absolute atomic E-state index is 0.108. The van der Waals surface area contributed by atoms with Crippen molar-refractivity contribution in [2.24, 2.45) is 0 Å². The molecule has 2 rings (SSSR count). The molecule has 1 saturated heterocycles. The Kier molecular flexibility index (Phi) is 5.35. The zero-order valence-electron chi connectivity index (χ0n) is 12.3. The van der Waals surface area contributed by atoms with Gasteiger partial charge in [-0.2, -0.15) is 0 Å². The molecular weight excluding hydrogens is 286 g/mol. The highest BCUT2D eigenvalue weighted by Gasteiger charge is 2.30. The van der Waals surface area contributed by atoms with E-state index < -0.39 is 5.91 Å². The summed E-state index contributed by atoms with van der Waals surface area (Å²) in [6.07, 6.45) is 4.69.